The van der Waals surface area contributed by atoms with Gasteiger partial charge >= 0.3 is 0 Å². The molecular weight excluding hydrogens is 380 g/mol. The number of nitrogens with zero attached hydrogens (tertiary/aromatic N) is 1. The van der Waals surface area contributed by atoms with Crippen LogP contribution in [0.25, 0.3) is 0 Å². The molecule has 134 valence electrons. The smallest absolute Gasteiger partial charge is 0.262 e. The summed E-state index contributed by atoms with van der Waals surface area (Å²) in [6, 6.07) is 13.7. The molecule has 2 aromatic rings. The van der Waals surface area contributed by atoms with Gasteiger partial charge in [0.2, 0.25) is 0 Å². The Morgan fingerprint density at radius 2 is 1.76 bits per heavy atom. The van der Waals surface area contributed by atoms with Crippen LogP contribution in [0.5, 0.6) is 5.75 Å². The summed E-state index contributed by atoms with van der Waals surface area (Å²) in [4.78, 5) is 14.4. The maximum absolute atomic E-state index is 12.1. The summed E-state index contributed by atoms with van der Waals surface area (Å²) >= 11 is 3.45. The van der Waals surface area contributed by atoms with Crippen LogP contribution in [0.15, 0.2) is 46.9 Å². The van der Waals surface area contributed by atoms with Crippen molar-refractivity contribution in [3.8, 4) is 5.75 Å². The predicted molar refractivity (Wildman–Crippen MR) is 108 cm³/mol. The molecule has 0 saturated carbocycles. The molecule has 0 aromatic heterocycles. The molecule has 0 aliphatic heterocycles. The highest BCUT2D eigenvalue weighted by Gasteiger charge is 2.08. The van der Waals surface area contributed by atoms with Crippen LogP contribution in [0, 0.1) is 0 Å². The Morgan fingerprint density at radius 3 is 2.36 bits per heavy atom. The standard InChI is InChI=1S/C20H25BrN2O2/c1-4-15-13-16(21)7-12-19(15)25-14-20(24)22-17-8-10-18(11-9-17)23(5-2)6-3/h7-13H,4-6,14H2,1-3H3,(H,22,24). The number of hydrogen-bond donors (Lipinski definition) is 1. The number of halogens is 1. The van der Waals surface area contributed by atoms with Crippen LogP contribution >= 0.6 is 15.9 Å². The van der Waals surface area contributed by atoms with Gasteiger partial charge in [-0.1, -0.05) is 22.9 Å². The van der Waals surface area contributed by atoms with E-state index in [1.54, 1.807) is 0 Å². The highest BCUT2D eigenvalue weighted by molar-refractivity contribution is 9.10. The zero-order chi connectivity index (χ0) is 18.2. The summed E-state index contributed by atoms with van der Waals surface area (Å²) in [6.45, 7) is 8.23. The molecule has 2 rings (SSSR count). The molecule has 0 atom stereocenters. The second-order valence-electron chi connectivity index (χ2n) is 5.66. The fourth-order valence-corrected chi connectivity index (χ4v) is 3.06. The molecule has 1 amide bonds. The zero-order valence-electron chi connectivity index (χ0n) is 15.0. The van der Waals surface area contributed by atoms with Crippen LogP contribution < -0.4 is 15.0 Å². The van der Waals surface area contributed by atoms with Crippen molar-refractivity contribution in [2.75, 3.05) is 29.9 Å². The first kappa shape index (κ1) is 19.3. The van der Waals surface area contributed by atoms with Crippen LogP contribution in [0.1, 0.15) is 26.3 Å². The summed E-state index contributed by atoms with van der Waals surface area (Å²) in [7, 11) is 0. The second kappa shape index (κ2) is 9.47. The van der Waals surface area contributed by atoms with Gasteiger partial charge in [-0.25, -0.2) is 0 Å². The number of anilines is 2. The average Bonchev–Trinajstić information content (AvgIpc) is 2.63. The lowest BCUT2D eigenvalue weighted by molar-refractivity contribution is -0.118. The Morgan fingerprint density at radius 1 is 1.08 bits per heavy atom. The van der Waals surface area contributed by atoms with Gasteiger partial charge in [-0.05, 0) is 68.3 Å². The molecule has 0 aliphatic rings. The van der Waals surface area contributed by atoms with E-state index in [0.717, 1.165) is 46.7 Å². The lowest BCUT2D eigenvalue weighted by Crippen LogP contribution is -2.22. The van der Waals surface area contributed by atoms with Gasteiger partial charge < -0.3 is 15.0 Å². The number of amides is 1. The van der Waals surface area contributed by atoms with Crippen LogP contribution in [0.2, 0.25) is 0 Å². The Labute approximate surface area is 158 Å². The van der Waals surface area contributed by atoms with Crippen molar-refractivity contribution in [2.24, 2.45) is 0 Å². The van der Waals surface area contributed by atoms with E-state index in [-0.39, 0.29) is 12.5 Å². The number of hydrogen-bond acceptors (Lipinski definition) is 3. The lowest BCUT2D eigenvalue weighted by Gasteiger charge is -2.21. The third kappa shape index (κ3) is 5.49. The topological polar surface area (TPSA) is 41.6 Å². The molecule has 0 heterocycles. The van der Waals surface area contributed by atoms with E-state index in [2.05, 4.69) is 46.9 Å². The highest BCUT2D eigenvalue weighted by atomic mass is 79.9. The molecule has 0 saturated heterocycles. The third-order valence-corrected chi connectivity index (χ3v) is 4.54. The van der Waals surface area contributed by atoms with Crippen molar-refractivity contribution in [1.29, 1.82) is 0 Å². The highest BCUT2D eigenvalue weighted by Crippen LogP contribution is 2.24. The zero-order valence-corrected chi connectivity index (χ0v) is 16.6. The van der Waals surface area contributed by atoms with E-state index in [1.807, 2.05) is 42.5 Å². The second-order valence-corrected chi connectivity index (χ2v) is 6.58. The van der Waals surface area contributed by atoms with E-state index < -0.39 is 0 Å². The Balaban J connectivity index is 1.92. The molecule has 0 fully saturated rings. The first-order valence-corrected chi connectivity index (χ1v) is 9.42. The van der Waals surface area contributed by atoms with Gasteiger partial charge in [0.05, 0.1) is 0 Å². The van der Waals surface area contributed by atoms with Crippen molar-refractivity contribution in [3.05, 3.63) is 52.5 Å². The molecule has 0 unspecified atom stereocenters. The Kier molecular flexibility index (Phi) is 7.31. The summed E-state index contributed by atoms with van der Waals surface area (Å²) in [5.74, 6) is 0.582. The number of carbonyl (C=O) groups is 1. The molecule has 0 spiro atoms. The minimum absolute atomic E-state index is 0.00751. The van der Waals surface area contributed by atoms with Gasteiger partial charge in [0.25, 0.3) is 5.91 Å². The number of nitrogens with one attached hydrogen (secondary N) is 1. The molecule has 0 bridgehead atoms. The van der Waals surface area contributed by atoms with Crippen molar-refractivity contribution in [1.82, 2.24) is 0 Å². The largest absolute Gasteiger partial charge is 0.483 e. The molecule has 1 N–H and O–H groups in total. The number of aryl methyl sites for hydroxylation is 1. The first-order valence-electron chi connectivity index (χ1n) is 8.63. The summed E-state index contributed by atoms with van der Waals surface area (Å²) in [6.07, 6.45) is 0.850. The normalized spacial score (nSPS) is 10.4. The monoisotopic (exact) mass is 404 g/mol. The molecule has 4 nitrogen and oxygen atoms in total. The van der Waals surface area contributed by atoms with Gasteiger partial charge in [-0.3, -0.25) is 4.79 Å². The summed E-state index contributed by atoms with van der Waals surface area (Å²) in [5.41, 5.74) is 3.00. The number of carbonyl (C=O) groups excluding carboxylic acids is 1. The van der Waals surface area contributed by atoms with Crippen LogP contribution in [0.4, 0.5) is 11.4 Å². The van der Waals surface area contributed by atoms with Gasteiger partial charge in [-0.15, -0.1) is 0 Å². The molecule has 25 heavy (non-hydrogen) atoms. The molecule has 5 heteroatoms. The lowest BCUT2D eigenvalue weighted by atomic mass is 10.1. The molecule has 0 radical (unpaired) electrons. The third-order valence-electron chi connectivity index (χ3n) is 4.04. The number of rotatable bonds is 8. The maximum atomic E-state index is 12.1. The SMILES string of the molecule is CCc1cc(Br)ccc1OCC(=O)Nc1ccc(N(CC)CC)cc1. The van der Waals surface area contributed by atoms with Crippen molar-refractivity contribution < 1.29 is 9.53 Å². The maximum Gasteiger partial charge on any atom is 0.262 e. The van der Waals surface area contributed by atoms with E-state index in [9.17, 15) is 4.79 Å². The van der Waals surface area contributed by atoms with Crippen LogP contribution in [-0.4, -0.2) is 25.6 Å². The quantitative estimate of drug-likeness (QED) is 0.681. The van der Waals surface area contributed by atoms with Crippen molar-refractivity contribution in [3.63, 3.8) is 0 Å². The number of ether oxygens (including phenoxy) is 1. The predicted octanol–water partition coefficient (Wildman–Crippen LogP) is 4.88. The van der Waals surface area contributed by atoms with Crippen molar-refractivity contribution in [2.45, 2.75) is 27.2 Å². The molecule has 0 aliphatic carbocycles. The summed E-state index contributed by atoms with van der Waals surface area (Å²) in [5, 5.41) is 2.87. The van der Waals surface area contributed by atoms with Crippen LogP contribution in [0.3, 0.4) is 0 Å². The van der Waals surface area contributed by atoms with Gasteiger partial charge in [-0.2, -0.15) is 0 Å². The molecule has 2 aromatic carbocycles. The minimum atomic E-state index is -0.166. The first-order chi connectivity index (χ1) is 12.1. The van der Waals surface area contributed by atoms with E-state index in [4.69, 9.17) is 4.74 Å². The van der Waals surface area contributed by atoms with E-state index in [1.165, 1.54) is 0 Å². The van der Waals surface area contributed by atoms with Gasteiger partial charge in [0.15, 0.2) is 6.61 Å². The van der Waals surface area contributed by atoms with E-state index >= 15 is 0 Å². The fraction of sp³-hybridized carbons (Fsp3) is 0.350. The van der Waals surface area contributed by atoms with Gasteiger partial charge in [0.1, 0.15) is 5.75 Å². The summed E-state index contributed by atoms with van der Waals surface area (Å²) < 4.78 is 6.68. The minimum Gasteiger partial charge on any atom is -0.483 e. The van der Waals surface area contributed by atoms with Crippen molar-refractivity contribution >= 4 is 33.2 Å². The number of benzene rings is 2. The van der Waals surface area contributed by atoms with Crippen LogP contribution in [-0.2, 0) is 11.2 Å². The fourth-order valence-electron chi connectivity index (χ4n) is 2.65. The average molecular weight is 405 g/mol. The Hall–Kier alpha value is -2.01. The van der Waals surface area contributed by atoms with E-state index in [0.29, 0.717) is 0 Å². The molecular formula is C20H25BrN2O2. The Bertz CT molecular complexity index is 697. The van der Waals surface area contributed by atoms with Gasteiger partial charge in [0, 0.05) is 28.9 Å².